The van der Waals surface area contributed by atoms with Gasteiger partial charge in [0.1, 0.15) is 13.2 Å². The number of hydrogen-bond acceptors (Lipinski definition) is 5. The Hall–Kier alpha value is -1.82. The maximum atomic E-state index is 5.88. The standard InChI is InChI=1S/C19H24O5/c1-2-4-16(3-1)17-5-6-18-19(15-17)24-14-12-22-10-8-20-7-9-21-11-13-23-18/h1,3-6,15H,2,7-14H2. The molecule has 24 heavy (non-hydrogen) atoms. The Morgan fingerprint density at radius 2 is 1.29 bits per heavy atom. The largest absolute Gasteiger partial charge is 0.487 e. The summed E-state index contributed by atoms with van der Waals surface area (Å²) in [6.07, 6.45) is 7.46. The van der Waals surface area contributed by atoms with Crippen molar-refractivity contribution in [2.45, 2.75) is 6.42 Å². The van der Waals surface area contributed by atoms with Crippen LogP contribution in [0.4, 0.5) is 0 Å². The Morgan fingerprint density at radius 1 is 0.667 bits per heavy atom. The summed E-state index contributed by atoms with van der Waals surface area (Å²) in [6, 6.07) is 6.04. The molecule has 0 N–H and O–H groups in total. The van der Waals surface area contributed by atoms with Crippen LogP contribution in [-0.4, -0.2) is 52.9 Å². The van der Waals surface area contributed by atoms with Crippen LogP contribution >= 0.6 is 0 Å². The first-order valence-electron chi connectivity index (χ1n) is 8.43. The minimum atomic E-state index is 0.477. The van der Waals surface area contributed by atoms with Gasteiger partial charge < -0.3 is 23.7 Å². The van der Waals surface area contributed by atoms with Crippen molar-refractivity contribution in [3.8, 4) is 11.5 Å². The molecule has 1 aromatic carbocycles. The molecular formula is C19H24O5. The fraction of sp³-hybridized carbons (Fsp3) is 0.474. The lowest BCUT2D eigenvalue weighted by Crippen LogP contribution is -2.13. The van der Waals surface area contributed by atoms with Crippen LogP contribution in [0.25, 0.3) is 5.57 Å². The molecular weight excluding hydrogens is 308 g/mol. The first kappa shape index (κ1) is 17.0. The van der Waals surface area contributed by atoms with Gasteiger partial charge >= 0.3 is 0 Å². The summed E-state index contributed by atoms with van der Waals surface area (Å²) in [5.74, 6) is 1.47. The highest BCUT2D eigenvalue weighted by Crippen LogP contribution is 2.32. The third kappa shape index (κ3) is 5.09. The molecule has 0 bridgehead atoms. The van der Waals surface area contributed by atoms with E-state index in [1.807, 2.05) is 12.1 Å². The van der Waals surface area contributed by atoms with Crippen molar-refractivity contribution in [3.05, 3.63) is 42.0 Å². The molecule has 0 atom stereocenters. The van der Waals surface area contributed by atoms with E-state index < -0.39 is 0 Å². The average Bonchev–Trinajstić information content (AvgIpc) is 3.13. The van der Waals surface area contributed by atoms with Gasteiger partial charge in [-0.3, -0.25) is 0 Å². The highest BCUT2D eigenvalue weighted by molar-refractivity contribution is 5.77. The van der Waals surface area contributed by atoms with E-state index in [9.17, 15) is 0 Å². The van der Waals surface area contributed by atoms with Gasteiger partial charge in [0.25, 0.3) is 0 Å². The highest BCUT2D eigenvalue weighted by Gasteiger charge is 2.10. The molecule has 0 amide bonds. The lowest BCUT2D eigenvalue weighted by atomic mass is 10.1. The first-order valence-corrected chi connectivity index (χ1v) is 8.43. The van der Waals surface area contributed by atoms with Crippen LogP contribution in [-0.2, 0) is 14.2 Å². The number of allylic oxidation sites excluding steroid dienone is 4. The van der Waals surface area contributed by atoms with Gasteiger partial charge in [0.05, 0.1) is 39.6 Å². The van der Waals surface area contributed by atoms with Gasteiger partial charge in [0.2, 0.25) is 0 Å². The second-order valence-electron chi connectivity index (χ2n) is 5.49. The molecule has 0 fully saturated rings. The summed E-state index contributed by atoms with van der Waals surface area (Å²) >= 11 is 0. The topological polar surface area (TPSA) is 46.2 Å². The molecule has 5 nitrogen and oxygen atoms in total. The molecule has 0 saturated heterocycles. The zero-order valence-electron chi connectivity index (χ0n) is 13.9. The minimum absolute atomic E-state index is 0.477. The van der Waals surface area contributed by atoms with Gasteiger partial charge in [0, 0.05) is 0 Å². The number of ether oxygens (including phenoxy) is 5. The second kappa shape index (κ2) is 9.47. The molecule has 0 saturated carbocycles. The van der Waals surface area contributed by atoms with Crippen molar-refractivity contribution < 1.29 is 23.7 Å². The molecule has 3 rings (SSSR count). The Kier molecular flexibility index (Phi) is 6.71. The summed E-state index contributed by atoms with van der Waals surface area (Å²) < 4.78 is 28.1. The van der Waals surface area contributed by atoms with Crippen LogP contribution in [0, 0.1) is 0 Å². The molecule has 1 aliphatic heterocycles. The predicted octanol–water partition coefficient (Wildman–Crippen LogP) is 2.85. The van der Waals surface area contributed by atoms with E-state index in [4.69, 9.17) is 23.7 Å². The second-order valence-corrected chi connectivity index (χ2v) is 5.49. The molecule has 0 aromatic heterocycles. The van der Waals surface area contributed by atoms with Gasteiger partial charge in [-0.05, 0) is 29.7 Å². The van der Waals surface area contributed by atoms with E-state index in [1.54, 1.807) is 0 Å². The number of hydrogen-bond donors (Lipinski definition) is 0. The van der Waals surface area contributed by atoms with E-state index in [0.29, 0.717) is 52.9 Å². The van der Waals surface area contributed by atoms with Gasteiger partial charge in [-0.1, -0.05) is 24.3 Å². The molecule has 1 heterocycles. The first-order chi connectivity index (χ1) is 11.9. The minimum Gasteiger partial charge on any atom is -0.487 e. The van der Waals surface area contributed by atoms with Crippen LogP contribution in [0.15, 0.2) is 36.4 Å². The normalized spacial score (nSPS) is 20.1. The third-order valence-electron chi connectivity index (χ3n) is 3.76. The van der Waals surface area contributed by atoms with Gasteiger partial charge in [-0.15, -0.1) is 0 Å². The summed E-state index contributed by atoms with van der Waals surface area (Å²) in [5, 5.41) is 0. The van der Waals surface area contributed by atoms with Gasteiger partial charge in [-0.25, -0.2) is 0 Å². The fourth-order valence-electron chi connectivity index (χ4n) is 2.55. The molecule has 0 unspecified atom stereocenters. The van der Waals surface area contributed by atoms with Crippen LogP contribution in [0.2, 0.25) is 0 Å². The third-order valence-corrected chi connectivity index (χ3v) is 3.76. The molecule has 1 aliphatic carbocycles. The van der Waals surface area contributed by atoms with Crippen LogP contribution < -0.4 is 9.47 Å². The SMILES string of the molecule is C1=CC(c2ccc3c(c2)OCCOCCOCCOCCO3)=CC1. The molecule has 2 aliphatic rings. The zero-order valence-corrected chi connectivity index (χ0v) is 13.9. The maximum absolute atomic E-state index is 5.88. The fourth-order valence-corrected chi connectivity index (χ4v) is 2.55. The molecule has 5 heteroatoms. The quantitative estimate of drug-likeness (QED) is 0.791. The van der Waals surface area contributed by atoms with Crippen molar-refractivity contribution in [1.29, 1.82) is 0 Å². The van der Waals surface area contributed by atoms with Crippen molar-refractivity contribution in [1.82, 2.24) is 0 Å². The highest BCUT2D eigenvalue weighted by atomic mass is 16.6. The van der Waals surface area contributed by atoms with Crippen LogP contribution in [0.3, 0.4) is 0 Å². The maximum Gasteiger partial charge on any atom is 0.161 e. The Bertz CT molecular complexity index is 579. The number of fused-ring (bicyclic) bond motifs is 1. The summed E-state index contributed by atoms with van der Waals surface area (Å²) in [6.45, 7) is 4.27. The van der Waals surface area contributed by atoms with Gasteiger partial charge in [0.15, 0.2) is 11.5 Å². The zero-order chi connectivity index (χ0) is 16.5. The smallest absolute Gasteiger partial charge is 0.161 e. The van der Waals surface area contributed by atoms with Crippen molar-refractivity contribution in [2.24, 2.45) is 0 Å². The van der Waals surface area contributed by atoms with E-state index in [2.05, 4.69) is 24.3 Å². The number of rotatable bonds is 1. The monoisotopic (exact) mass is 332 g/mol. The van der Waals surface area contributed by atoms with E-state index in [1.165, 1.54) is 5.57 Å². The number of benzene rings is 1. The van der Waals surface area contributed by atoms with Gasteiger partial charge in [-0.2, -0.15) is 0 Å². The Labute approximate surface area is 142 Å². The summed E-state index contributed by atoms with van der Waals surface area (Å²) in [5.41, 5.74) is 2.35. The molecule has 130 valence electrons. The summed E-state index contributed by atoms with van der Waals surface area (Å²) in [4.78, 5) is 0. The van der Waals surface area contributed by atoms with Crippen LogP contribution in [0.5, 0.6) is 11.5 Å². The Balaban J connectivity index is 1.68. The average molecular weight is 332 g/mol. The van der Waals surface area contributed by atoms with Crippen molar-refractivity contribution in [2.75, 3.05) is 52.9 Å². The lowest BCUT2D eigenvalue weighted by Gasteiger charge is -2.14. The van der Waals surface area contributed by atoms with E-state index in [0.717, 1.165) is 23.5 Å². The van der Waals surface area contributed by atoms with E-state index in [-0.39, 0.29) is 0 Å². The van der Waals surface area contributed by atoms with Crippen LogP contribution in [0.1, 0.15) is 12.0 Å². The summed E-state index contributed by atoms with van der Waals surface area (Å²) in [7, 11) is 0. The van der Waals surface area contributed by atoms with Crippen molar-refractivity contribution >= 4 is 5.57 Å². The predicted molar refractivity (Wildman–Crippen MR) is 91.6 cm³/mol. The van der Waals surface area contributed by atoms with Crippen molar-refractivity contribution in [3.63, 3.8) is 0 Å². The lowest BCUT2D eigenvalue weighted by molar-refractivity contribution is 0.00708. The molecule has 1 aromatic rings. The molecule has 0 radical (unpaired) electrons. The van der Waals surface area contributed by atoms with E-state index >= 15 is 0 Å². The Morgan fingerprint density at radius 3 is 1.92 bits per heavy atom. The molecule has 0 spiro atoms.